The molecule has 172 valence electrons. The number of benzene rings is 2. The molecule has 1 aliphatic rings. The van der Waals surface area contributed by atoms with Crippen molar-refractivity contribution in [2.24, 2.45) is 5.10 Å². The predicted octanol–water partition coefficient (Wildman–Crippen LogP) is 3.85. The van der Waals surface area contributed by atoms with Gasteiger partial charge in [0.05, 0.1) is 48.1 Å². The van der Waals surface area contributed by atoms with Crippen LogP contribution in [-0.4, -0.2) is 40.4 Å². The summed E-state index contributed by atoms with van der Waals surface area (Å²) in [6.45, 7) is -0.146. The summed E-state index contributed by atoms with van der Waals surface area (Å²) in [7, 11) is 3.16. The smallest absolute Gasteiger partial charge is 0.269 e. The van der Waals surface area contributed by atoms with Gasteiger partial charge in [-0.15, -0.1) is 11.3 Å². The van der Waals surface area contributed by atoms with Crippen molar-refractivity contribution >= 4 is 34.0 Å². The van der Waals surface area contributed by atoms with Gasteiger partial charge in [0.1, 0.15) is 6.54 Å². The van der Waals surface area contributed by atoms with Gasteiger partial charge in [-0.1, -0.05) is 24.3 Å². The SMILES string of the molecule is COc1ccc(C2CC(c3cccs3)=NN2C(=O)Cn2c(=O)cnc3ccccc32)cc1OC. The van der Waals surface area contributed by atoms with Crippen molar-refractivity contribution in [3.63, 3.8) is 0 Å². The zero-order valence-corrected chi connectivity index (χ0v) is 19.5. The van der Waals surface area contributed by atoms with Gasteiger partial charge in [-0.05, 0) is 41.3 Å². The molecule has 0 spiro atoms. The van der Waals surface area contributed by atoms with Crippen molar-refractivity contribution in [1.82, 2.24) is 14.6 Å². The Hall–Kier alpha value is -3.98. The molecule has 0 aliphatic carbocycles. The second-order valence-corrected chi connectivity index (χ2v) is 8.72. The van der Waals surface area contributed by atoms with Crippen LogP contribution < -0.4 is 15.0 Å². The van der Waals surface area contributed by atoms with Gasteiger partial charge >= 0.3 is 0 Å². The third-order valence-electron chi connectivity index (χ3n) is 5.81. The van der Waals surface area contributed by atoms with Crippen LogP contribution in [0, 0.1) is 0 Å². The Morgan fingerprint density at radius 2 is 1.91 bits per heavy atom. The molecule has 0 radical (unpaired) electrons. The van der Waals surface area contributed by atoms with Gasteiger partial charge < -0.3 is 9.47 Å². The van der Waals surface area contributed by atoms with Crippen molar-refractivity contribution in [1.29, 1.82) is 0 Å². The molecular formula is C25H22N4O4S. The number of para-hydroxylation sites is 2. The first-order valence-electron chi connectivity index (χ1n) is 10.7. The highest BCUT2D eigenvalue weighted by Gasteiger charge is 2.34. The summed E-state index contributed by atoms with van der Waals surface area (Å²) in [5.41, 5.74) is 2.61. The van der Waals surface area contributed by atoms with Crippen LogP contribution >= 0.6 is 11.3 Å². The zero-order chi connectivity index (χ0) is 23.7. The van der Waals surface area contributed by atoms with Crippen LogP contribution in [0.2, 0.25) is 0 Å². The minimum Gasteiger partial charge on any atom is -0.493 e. The summed E-state index contributed by atoms with van der Waals surface area (Å²) in [5, 5.41) is 8.17. The van der Waals surface area contributed by atoms with Crippen LogP contribution in [0.15, 0.2) is 76.1 Å². The molecule has 2 aromatic carbocycles. The number of fused-ring (bicyclic) bond motifs is 1. The lowest BCUT2D eigenvalue weighted by molar-refractivity contribution is -0.133. The number of amides is 1. The minimum atomic E-state index is -0.340. The average Bonchev–Trinajstić information content (AvgIpc) is 3.56. The molecule has 1 atom stereocenters. The van der Waals surface area contributed by atoms with Crippen molar-refractivity contribution in [3.8, 4) is 11.5 Å². The highest BCUT2D eigenvalue weighted by atomic mass is 32.1. The molecule has 0 bridgehead atoms. The molecule has 0 fully saturated rings. The van der Waals surface area contributed by atoms with Crippen LogP contribution in [0.5, 0.6) is 11.5 Å². The van der Waals surface area contributed by atoms with Crippen molar-refractivity contribution in [3.05, 3.63) is 87.0 Å². The molecule has 1 amide bonds. The Morgan fingerprint density at radius 1 is 1.09 bits per heavy atom. The number of hydrogen-bond acceptors (Lipinski definition) is 7. The van der Waals surface area contributed by atoms with E-state index in [1.165, 1.54) is 15.8 Å². The van der Waals surface area contributed by atoms with Gasteiger partial charge in [0.2, 0.25) is 0 Å². The highest BCUT2D eigenvalue weighted by Crippen LogP contribution is 2.38. The number of methoxy groups -OCH3 is 2. The van der Waals surface area contributed by atoms with Crippen molar-refractivity contribution in [2.45, 2.75) is 19.0 Å². The first kappa shape index (κ1) is 21.8. The number of carbonyl (C=O) groups is 1. The number of rotatable bonds is 6. The summed E-state index contributed by atoms with van der Waals surface area (Å²) in [6.07, 6.45) is 1.79. The first-order chi connectivity index (χ1) is 16.6. The number of carbonyl (C=O) groups excluding carboxylic acids is 1. The maximum Gasteiger partial charge on any atom is 0.269 e. The van der Waals surface area contributed by atoms with Crippen LogP contribution in [0.3, 0.4) is 0 Å². The second-order valence-electron chi connectivity index (χ2n) is 7.77. The summed E-state index contributed by atoms with van der Waals surface area (Å²) < 4.78 is 12.3. The molecule has 2 aromatic heterocycles. The number of thiophene rings is 1. The lowest BCUT2D eigenvalue weighted by Gasteiger charge is -2.23. The minimum absolute atomic E-state index is 0.146. The lowest BCUT2D eigenvalue weighted by atomic mass is 10.0. The van der Waals surface area contributed by atoms with Crippen LogP contribution in [0.4, 0.5) is 0 Å². The van der Waals surface area contributed by atoms with E-state index in [2.05, 4.69) is 4.98 Å². The normalized spacial score (nSPS) is 15.4. The quantitative estimate of drug-likeness (QED) is 0.424. The lowest BCUT2D eigenvalue weighted by Crippen LogP contribution is -2.34. The topological polar surface area (TPSA) is 86.0 Å². The van der Waals surface area contributed by atoms with E-state index in [0.29, 0.717) is 29.0 Å². The highest BCUT2D eigenvalue weighted by molar-refractivity contribution is 7.12. The number of aromatic nitrogens is 2. The van der Waals surface area contributed by atoms with Crippen LogP contribution in [0.25, 0.3) is 11.0 Å². The molecule has 0 N–H and O–H groups in total. The van der Waals surface area contributed by atoms with E-state index >= 15 is 0 Å². The van der Waals surface area contributed by atoms with Crippen LogP contribution in [-0.2, 0) is 11.3 Å². The summed E-state index contributed by atoms with van der Waals surface area (Å²) in [4.78, 5) is 31.4. The van der Waals surface area contributed by atoms with Gasteiger partial charge in [-0.25, -0.2) is 9.99 Å². The predicted molar refractivity (Wildman–Crippen MR) is 131 cm³/mol. The molecular weight excluding hydrogens is 452 g/mol. The molecule has 1 unspecified atom stereocenters. The summed E-state index contributed by atoms with van der Waals surface area (Å²) in [6, 6.07) is 16.5. The average molecular weight is 475 g/mol. The van der Waals surface area contributed by atoms with Gasteiger partial charge in [0, 0.05) is 6.42 Å². The maximum atomic E-state index is 13.6. The fourth-order valence-corrected chi connectivity index (χ4v) is 4.86. The molecule has 4 aromatic rings. The monoisotopic (exact) mass is 474 g/mol. The van der Waals surface area contributed by atoms with Crippen molar-refractivity contribution < 1.29 is 14.3 Å². The van der Waals surface area contributed by atoms with Gasteiger partial charge in [-0.2, -0.15) is 5.10 Å². The maximum absolute atomic E-state index is 13.6. The van der Waals surface area contributed by atoms with Gasteiger partial charge in [0.25, 0.3) is 11.5 Å². The second kappa shape index (κ2) is 9.11. The molecule has 34 heavy (non-hydrogen) atoms. The van der Waals surface area contributed by atoms with E-state index in [4.69, 9.17) is 14.6 Å². The molecule has 8 nitrogen and oxygen atoms in total. The first-order valence-corrected chi connectivity index (χ1v) is 11.6. The molecule has 3 heterocycles. The molecule has 9 heteroatoms. The third kappa shape index (κ3) is 3.94. The van der Waals surface area contributed by atoms with E-state index < -0.39 is 0 Å². The summed E-state index contributed by atoms with van der Waals surface area (Å²) in [5.74, 6) is 0.898. The molecule has 1 aliphatic heterocycles. The molecule has 0 saturated heterocycles. The van der Waals surface area contributed by atoms with E-state index in [-0.39, 0.29) is 24.1 Å². The Balaban J connectivity index is 1.53. The largest absolute Gasteiger partial charge is 0.493 e. The van der Waals surface area contributed by atoms with E-state index in [1.807, 2.05) is 53.9 Å². The van der Waals surface area contributed by atoms with Gasteiger partial charge in [-0.3, -0.25) is 14.2 Å². The Labute approximate surface area is 199 Å². The van der Waals surface area contributed by atoms with E-state index in [1.54, 1.807) is 31.6 Å². The molecule has 5 rings (SSSR count). The summed E-state index contributed by atoms with van der Waals surface area (Å²) >= 11 is 1.58. The standard InChI is InChI=1S/C25H22N4O4S/c1-32-21-10-9-16(12-22(21)33-2)20-13-18(23-8-5-11-34-23)27-29(20)25(31)15-28-19-7-4-3-6-17(19)26-14-24(28)30/h3-12,14,20H,13,15H2,1-2H3. The number of ether oxygens (including phenoxy) is 2. The van der Waals surface area contributed by atoms with E-state index in [0.717, 1.165) is 16.2 Å². The van der Waals surface area contributed by atoms with E-state index in [9.17, 15) is 9.59 Å². The number of hydrazone groups is 1. The fourth-order valence-electron chi connectivity index (χ4n) is 4.14. The van der Waals surface area contributed by atoms with Crippen molar-refractivity contribution in [2.75, 3.05) is 14.2 Å². The Morgan fingerprint density at radius 3 is 2.68 bits per heavy atom. The third-order valence-corrected chi connectivity index (χ3v) is 6.73. The number of nitrogens with zero attached hydrogens (tertiary/aromatic N) is 4. The van der Waals surface area contributed by atoms with Gasteiger partial charge in [0.15, 0.2) is 11.5 Å². The zero-order valence-electron chi connectivity index (χ0n) is 18.7. The molecule has 0 saturated carbocycles. The number of hydrogen-bond donors (Lipinski definition) is 0. The van der Waals surface area contributed by atoms with Crippen LogP contribution in [0.1, 0.15) is 22.9 Å². The fraction of sp³-hybridized carbons (Fsp3) is 0.200. The Bertz CT molecular complexity index is 1450. The Kier molecular flexibility index (Phi) is 5.85.